The fourth-order valence-corrected chi connectivity index (χ4v) is 1.59. The third-order valence-corrected chi connectivity index (χ3v) is 2.48. The topological polar surface area (TPSA) is 12.5 Å². The fourth-order valence-electron chi connectivity index (χ4n) is 1.46. The molecule has 0 aromatic carbocycles. The summed E-state index contributed by atoms with van der Waals surface area (Å²) in [5, 5.41) is 0. The van der Waals surface area contributed by atoms with Crippen molar-refractivity contribution in [3.8, 4) is 0 Å². The van der Waals surface area contributed by atoms with Crippen LogP contribution in [0.4, 0.5) is 8.78 Å². The number of piperidine rings is 1. The number of hydrogen-bond donors (Lipinski definition) is 1. The van der Waals surface area contributed by atoms with Crippen LogP contribution in [0, 0.1) is 0 Å². The first-order valence-electron chi connectivity index (χ1n) is 4.51. The SMILES string of the molecule is FC1(F)CCN(CCCOS)CC1. The van der Waals surface area contributed by atoms with Gasteiger partial charge in [-0.25, -0.2) is 8.78 Å². The minimum atomic E-state index is -2.43. The van der Waals surface area contributed by atoms with E-state index in [2.05, 4.69) is 17.1 Å². The molecule has 0 N–H and O–H groups in total. The lowest BCUT2D eigenvalue weighted by Crippen LogP contribution is -2.39. The highest BCUT2D eigenvalue weighted by atomic mass is 32.1. The minimum Gasteiger partial charge on any atom is -0.318 e. The molecule has 0 aromatic rings. The highest BCUT2D eigenvalue weighted by molar-refractivity contribution is 7.75. The Bertz CT molecular complexity index is 147. The van der Waals surface area contributed by atoms with Crippen LogP contribution >= 0.6 is 12.9 Å². The number of hydrogen-bond acceptors (Lipinski definition) is 3. The average molecular weight is 211 g/mol. The zero-order chi connectivity index (χ0) is 9.73. The van der Waals surface area contributed by atoms with Crippen LogP contribution in [-0.2, 0) is 4.18 Å². The molecule has 0 radical (unpaired) electrons. The van der Waals surface area contributed by atoms with Crippen LogP contribution < -0.4 is 0 Å². The largest absolute Gasteiger partial charge is 0.318 e. The van der Waals surface area contributed by atoms with Gasteiger partial charge in [0.2, 0.25) is 0 Å². The van der Waals surface area contributed by atoms with Gasteiger partial charge in [-0.2, -0.15) is 0 Å². The second-order valence-electron chi connectivity index (χ2n) is 3.38. The summed E-state index contributed by atoms with van der Waals surface area (Å²) in [6.45, 7) is 2.41. The molecule has 13 heavy (non-hydrogen) atoms. The van der Waals surface area contributed by atoms with E-state index in [-0.39, 0.29) is 12.8 Å². The molecule has 1 rings (SSSR count). The minimum absolute atomic E-state index is 0.00523. The summed E-state index contributed by atoms with van der Waals surface area (Å²) in [5.41, 5.74) is 0. The van der Waals surface area contributed by atoms with E-state index in [1.54, 1.807) is 0 Å². The second-order valence-corrected chi connectivity index (χ2v) is 3.64. The summed E-state index contributed by atoms with van der Waals surface area (Å²) in [6.07, 6.45) is 0.846. The summed E-state index contributed by atoms with van der Waals surface area (Å²) in [6, 6.07) is 0. The maximum Gasteiger partial charge on any atom is 0.250 e. The highest BCUT2D eigenvalue weighted by Gasteiger charge is 2.33. The van der Waals surface area contributed by atoms with E-state index in [9.17, 15) is 8.78 Å². The van der Waals surface area contributed by atoms with E-state index in [0.29, 0.717) is 19.7 Å². The lowest BCUT2D eigenvalue weighted by molar-refractivity contribution is -0.0554. The molecule has 0 bridgehead atoms. The average Bonchev–Trinajstić information content (AvgIpc) is 2.08. The van der Waals surface area contributed by atoms with Gasteiger partial charge in [0, 0.05) is 32.5 Å². The van der Waals surface area contributed by atoms with Crippen molar-refractivity contribution in [3.05, 3.63) is 0 Å². The fraction of sp³-hybridized carbons (Fsp3) is 1.00. The molecule has 0 aliphatic carbocycles. The molecule has 78 valence electrons. The first kappa shape index (κ1) is 11.2. The summed E-state index contributed by atoms with van der Waals surface area (Å²) < 4.78 is 30.0. The van der Waals surface area contributed by atoms with E-state index in [4.69, 9.17) is 0 Å². The third-order valence-electron chi connectivity index (χ3n) is 2.30. The lowest BCUT2D eigenvalue weighted by atomic mass is 10.1. The van der Waals surface area contributed by atoms with Crippen molar-refractivity contribution in [3.63, 3.8) is 0 Å². The molecule has 0 aromatic heterocycles. The first-order valence-corrected chi connectivity index (χ1v) is 4.87. The van der Waals surface area contributed by atoms with Crippen LogP contribution in [0.5, 0.6) is 0 Å². The molecule has 0 saturated carbocycles. The van der Waals surface area contributed by atoms with Gasteiger partial charge in [0.25, 0.3) is 5.92 Å². The van der Waals surface area contributed by atoms with Crippen LogP contribution in [0.1, 0.15) is 19.3 Å². The van der Waals surface area contributed by atoms with E-state index >= 15 is 0 Å². The lowest BCUT2D eigenvalue weighted by Gasteiger charge is -2.31. The zero-order valence-corrected chi connectivity index (χ0v) is 8.40. The van der Waals surface area contributed by atoms with Gasteiger partial charge in [-0.15, -0.1) is 0 Å². The number of likely N-dealkylation sites (tertiary alicyclic amines) is 1. The number of thiol groups is 1. The van der Waals surface area contributed by atoms with Crippen LogP contribution in [0.2, 0.25) is 0 Å². The molecule has 2 nitrogen and oxygen atoms in total. The summed E-state index contributed by atoms with van der Waals surface area (Å²) in [4.78, 5) is 2.05. The Morgan fingerprint density at radius 1 is 1.31 bits per heavy atom. The Balaban J connectivity index is 2.11. The second kappa shape index (κ2) is 5.12. The van der Waals surface area contributed by atoms with Gasteiger partial charge in [-0.3, -0.25) is 0 Å². The van der Waals surface area contributed by atoms with E-state index in [1.165, 1.54) is 0 Å². The van der Waals surface area contributed by atoms with Crippen LogP contribution in [0.15, 0.2) is 0 Å². The number of rotatable bonds is 4. The van der Waals surface area contributed by atoms with Gasteiger partial charge < -0.3 is 9.08 Å². The Hall–Kier alpha value is 0.130. The Morgan fingerprint density at radius 3 is 2.46 bits per heavy atom. The molecule has 1 aliphatic heterocycles. The zero-order valence-electron chi connectivity index (χ0n) is 7.51. The van der Waals surface area contributed by atoms with Gasteiger partial charge >= 0.3 is 0 Å². The Morgan fingerprint density at radius 2 is 1.92 bits per heavy atom. The number of halogens is 2. The molecule has 0 amide bonds. The maximum atomic E-state index is 12.7. The molecule has 1 saturated heterocycles. The quantitative estimate of drug-likeness (QED) is 0.433. The number of nitrogens with zero attached hydrogens (tertiary/aromatic N) is 1. The standard InChI is InChI=1S/C8H15F2NOS/c9-8(10)2-5-11(6-3-8)4-1-7-12-13/h13H,1-7H2. The molecule has 5 heteroatoms. The maximum absolute atomic E-state index is 12.7. The number of alkyl halides is 2. The van der Waals surface area contributed by atoms with Gasteiger partial charge in [0.05, 0.1) is 6.61 Å². The third kappa shape index (κ3) is 4.24. The Kier molecular flexibility index (Phi) is 4.41. The van der Waals surface area contributed by atoms with E-state index in [1.807, 2.05) is 4.90 Å². The molecule has 0 spiro atoms. The predicted molar refractivity (Wildman–Crippen MR) is 50.2 cm³/mol. The van der Waals surface area contributed by atoms with Crippen molar-refractivity contribution in [2.75, 3.05) is 26.2 Å². The molecular formula is C8H15F2NOS. The van der Waals surface area contributed by atoms with E-state index < -0.39 is 5.92 Å². The van der Waals surface area contributed by atoms with Crippen LogP contribution in [0.3, 0.4) is 0 Å². The highest BCUT2D eigenvalue weighted by Crippen LogP contribution is 2.27. The van der Waals surface area contributed by atoms with Crippen LogP contribution in [-0.4, -0.2) is 37.1 Å². The van der Waals surface area contributed by atoms with Gasteiger partial charge in [0.15, 0.2) is 0 Å². The normalized spacial score (nSPS) is 23.3. The summed E-state index contributed by atoms with van der Waals surface area (Å²) >= 11 is 3.61. The van der Waals surface area contributed by atoms with Crippen molar-refractivity contribution in [1.29, 1.82) is 0 Å². The van der Waals surface area contributed by atoms with Gasteiger partial charge in [0.1, 0.15) is 0 Å². The molecule has 1 fully saturated rings. The molecule has 1 aliphatic rings. The molecule has 0 atom stereocenters. The predicted octanol–water partition coefficient (Wildman–Crippen LogP) is 1.97. The Labute approximate surface area is 82.9 Å². The van der Waals surface area contributed by atoms with Crippen molar-refractivity contribution in [2.24, 2.45) is 0 Å². The molecular weight excluding hydrogens is 196 g/mol. The summed E-state index contributed by atoms with van der Waals surface area (Å²) in [7, 11) is 0. The van der Waals surface area contributed by atoms with Crippen molar-refractivity contribution in [2.45, 2.75) is 25.2 Å². The first-order chi connectivity index (χ1) is 6.14. The molecule has 1 heterocycles. The van der Waals surface area contributed by atoms with Crippen molar-refractivity contribution in [1.82, 2.24) is 4.90 Å². The van der Waals surface area contributed by atoms with Crippen LogP contribution in [0.25, 0.3) is 0 Å². The van der Waals surface area contributed by atoms with Crippen molar-refractivity contribution < 1.29 is 13.0 Å². The smallest absolute Gasteiger partial charge is 0.250 e. The van der Waals surface area contributed by atoms with E-state index in [0.717, 1.165) is 13.0 Å². The summed E-state index contributed by atoms with van der Waals surface area (Å²) in [5.74, 6) is -2.43. The monoisotopic (exact) mass is 211 g/mol. The van der Waals surface area contributed by atoms with Crippen molar-refractivity contribution >= 4 is 12.9 Å². The molecule has 0 unspecified atom stereocenters. The van der Waals surface area contributed by atoms with Gasteiger partial charge in [-0.05, 0) is 19.3 Å². The van der Waals surface area contributed by atoms with Gasteiger partial charge in [-0.1, -0.05) is 0 Å².